The van der Waals surface area contributed by atoms with Crippen molar-refractivity contribution in [2.75, 3.05) is 23.9 Å². The van der Waals surface area contributed by atoms with Crippen molar-refractivity contribution in [2.45, 2.75) is 6.42 Å². The number of fused-ring (bicyclic) bond motifs is 1. The predicted molar refractivity (Wildman–Crippen MR) is 105 cm³/mol. The Balaban J connectivity index is 1.60. The van der Waals surface area contributed by atoms with E-state index in [1.165, 1.54) is 12.7 Å². The lowest BCUT2D eigenvalue weighted by Gasteiger charge is -2.17. The van der Waals surface area contributed by atoms with Gasteiger partial charge in [-0.05, 0) is 42.3 Å². The smallest absolute Gasteiger partial charge is 0.274 e. The van der Waals surface area contributed by atoms with E-state index in [1.54, 1.807) is 30.5 Å². The summed E-state index contributed by atoms with van der Waals surface area (Å²) in [5.41, 5.74) is 3.08. The fourth-order valence-electron chi connectivity index (χ4n) is 3.12. The van der Waals surface area contributed by atoms with Crippen molar-refractivity contribution in [3.05, 3.63) is 71.0 Å². The molecule has 0 saturated carbocycles. The Hall–Kier alpha value is -3.12. The number of nitrogens with one attached hydrogen (secondary N) is 1. The van der Waals surface area contributed by atoms with Gasteiger partial charge >= 0.3 is 0 Å². The van der Waals surface area contributed by atoms with Gasteiger partial charge in [-0.2, -0.15) is 0 Å². The third-order valence-corrected chi connectivity index (χ3v) is 4.65. The maximum absolute atomic E-state index is 12.7. The van der Waals surface area contributed by atoms with Crippen LogP contribution >= 0.6 is 11.6 Å². The molecule has 6 nitrogen and oxygen atoms in total. The minimum atomic E-state index is -0.355. The van der Waals surface area contributed by atoms with Crippen LogP contribution in [0.15, 0.2) is 54.7 Å². The Bertz CT molecular complexity index is 1010. The molecule has 0 radical (unpaired) electrons. The molecule has 2 aromatic carbocycles. The summed E-state index contributed by atoms with van der Waals surface area (Å²) in [5.74, 6) is 0.674. The minimum absolute atomic E-state index is 0.270. The van der Waals surface area contributed by atoms with Crippen LogP contribution in [-0.4, -0.2) is 29.5 Å². The lowest BCUT2D eigenvalue weighted by atomic mass is 10.2. The number of carbonyl (C=O) groups is 1. The van der Waals surface area contributed by atoms with Gasteiger partial charge in [-0.25, -0.2) is 9.97 Å². The number of aromatic nitrogens is 2. The van der Waals surface area contributed by atoms with Crippen molar-refractivity contribution < 1.29 is 9.53 Å². The second-order valence-electron chi connectivity index (χ2n) is 6.07. The molecule has 27 heavy (non-hydrogen) atoms. The van der Waals surface area contributed by atoms with Crippen molar-refractivity contribution in [1.29, 1.82) is 0 Å². The lowest BCUT2D eigenvalue weighted by Crippen LogP contribution is -2.20. The number of anilines is 3. The van der Waals surface area contributed by atoms with Crippen molar-refractivity contribution in [3.63, 3.8) is 0 Å². The summed E-state index contributed by atoms with van der Waals surface area (Å²) in [5, 5.41) is 3.30. The number of rotatable bonds is 4. The molecule has 0 fully saturated rings. The molecular formula is C20H17ClN4O2. The monoisotopic (exact) mass is 380 g/mol. The van der Waals surface area contributed by atoms with Crippen LogP contribution in [0.4, 0.5) is 17.3 Å². The van der Waals surface area contributed by atoms with Crippen LogP contribution in [0.1, 0.15) is 16.1 Å². The van der Waals surface area contributed by atoms with Crippen LogP contribution in [0.5, 0.6) is 5.75 Å². The molecule has 2 heterocycles. The molecule has 1 aliphatic heterocycles. The van der Waals surface area contributed by atoms with E-state index in [0.29, 0.717) is 22.4 Å². The summed E-state index contributed by atoms with van der Waals surface area (Å²) in [6.45, 7) is 0.784. The highest BCUT2D eigenvalue weighted by Gasteiger charge is 2.23. The molecule has 0 bridgehead atoms. The van der Waals surface area contributed by atoms with E-state index >= 15 is 0 Å². The van der Waals surface area contributed by atoms with Gasteiger partial charge in [0.25, 0.3) is 5.91 Å². The first-order chi connectivity index (χ1) is 13.2. The van der Waals surface area contributed by atoms with Crippen molar-refractivity contribution in [3.8, 4) is 5.75 Å². The molecule has 0 saturated heterocycles. The Kier molecular flexibility index (Phi) is 4.64. The highest BCUT2D eigenvalue weighted by molar-refractivity contribution is 6.31. The summed E-state index contributed by atoms with van der Waals surface area (Å²) in [7, 11) is 1.53. The van der Waals surface area contributed by atoms with Gasteiger partial charge in [-0.1, -0.05) is 29.8 Å². The number of hydrogen-bond acceptors (Lipinski definition) is 5. The SMILES string of the molecule is COc1ccc(Cl)cc1NC(=O)c1ccnc(N2CCc3ccccc32)n1. The predicted octanol–water partition coefficient (Wildman–Crippen LogP) is 4.09. The van der Waals surface area contributed by atoms with E-state index < -0.39 is 0 Å². The Morgan fingerprint density at radius 3 is 2.93 bits per heavy atom. The molecule has 1 N–H and O–H groups in total. The third-order valence-electron chi connectivity index (χ3n) is 4.41. The largest absolute Gasteiger partial charge is 0.495 e. The van der Waals surface area contributed by atoms with E-state index in [0.717, 1.165) is 18.7 Å². The molecule has 4 rings (SSSR count). The number of methoxy groups -OCH3 is 1. The summed E-state index contributed by atoms with van der Waals surface area (Å²) in [4.78, 5) is 23.5. The maximum atomic E-state index is 12.7. The van der Waals surface area contributed by atoms with E-state index in [9.17, 15) is 4.79 Å². The van der Waals surface area contributed by atoms with Gasteiger partial charge in [0.2, 0.25) is 5.95 Å². The van der Waals surface area contributed by atoms with Gasteiger partial charge in [0.05, 0.1) is 12.8 Å². The Labute approximate surface area is 161 Å². The topological polar surface area (TPSA) is 67.3 Å². The summed E-state index contributed by atoms with van der Waals surface area (Å²) >= 11 is 6.02. The second kappa shape index (κ2) is 7.25. The number of amides is 1. The average Bonchev–Trinajstić information content (AvgIpc) is 3.12. The molecule has 1 aliphatic rings. The number of carbonyl (C=O) groups excluding carboxylic acids is 1. The number of nitrogens with zero attached hydrogens (tertiary/aromatic N) is 3. The van der Waals surface area contributed by atoms with Crippen molar-refractivity contribution in [1.82, 2.24) is 9.97 Å². The van der Waals surface area contributed by atoms with Gasteiger partial charge in [0.1, 0.15) is 11.4 Å². The zero-order chi connectivity index (χ0) is 18.8. The third kappa shape index (κ3) is 3.44. The highest BCUT2D eigenvalue weighted by atomic mass is 35.5. The normalized spacial score (nSPS) is 12.6. The van der Waals surface area contributed by atoms with Gasteiger partial charge in [0, 0.05) is 23.5 Å². The van der Waals surface area contributed by atoms with Gasteiger partial charge in [-0.15, -0.1) is 0 Å². The Morgan fingerprint density at radius 1 is 1.22 bits per heavy atom. The Morgan fingerprint density at radius 2 is 2.07 bits per heavy atom. The molecule has 0 unspecified atom stereocenters. The number of hydrogen-bond donors (Lipinski definition) is 1. The van der Waals surface area contributed by atoms with Crippen LogP contribution in [-0.2, 0) is 6.42 Å². The fraction of sp³-hybridized carbons (Fsp3) is 0.150. The summed E-state index contributed by atoms with van der Waals surface area (Å²) < 4.78 is 5.27. The maximum Gasteiger partial charge on any atom is 0.274 e. The molecule has 1 amide bonds. The zero-order valence-corrected chi connectivity index (χ0v) is 15.4. The van der Waals surface area contributed by atoms with Crippen molar-refractivity contribution >= 4 is 34.8 Å². The van der Waals surface area contributed by atoms with Crippen LogP contribution in [0.2, 0.25) is 5.02 Å². The fourth-order valence-corrected chi connectivity index (χ4v) is 3.29. The standard InChI is InChI=1S/C20H17ClN4O2/c1-27-18-7-6-14(21)12-16(18)23-19(26)15-8-10-22-20(24-15)25-11-9-13-4-2-3-5-17(13)25/h2-8,10,12H,9,11H2,1H3,(H,23,26). The molecule has 0 aliphatic carbocycles. The molecule has 7 heteroatoms. The van der Waals surface area contributed by atoms with Gasteiger partial charge in [-0.3, -0.25) is 4.79 Å². The second-order valence-corrected chi connectivity index (χ2v) is 6.51. The number of benzene rings is 2. The van der Waals surface area contributed by atoms with E-state index in [1.807, 2.05) is 23.1 Å². The number of para-hydroxylation sites is 1. The van der Waals surface area contributed by atoms with Crippen molar-refractivity contribution in [2.24, 2.45) is 0 Å². The minimum Gasteiger partial charge on any atom is -0.495 e. The lowest BCUT2D eigenvalue weighted by molar-refractivity contribution is 0.102. The van der Waals surface area contributed by atoms with E-state index in [-0.39, 0.29) is 11.6 Å². The molecule has 0 spiro atoms. The number of halogens is 1. The summed E-state index contributed by atoms with van der Waals surface area (Å²) in [6.07, 6.45) is 2.52. The first-order valence-corrected chi connectivity index (χ1v) is 8.87. The molecular weight excluding hydrogens is 364 g/mol. The first kappa shape index (κ1) is 17.3. The van der Waals surface area contributed by atoms with E-state index in [2.05, 4.69) is 21.4 Å². The van der Waals surface area contributed by atoms with Gasteiger partial charge in [0.15, 0.2) is 0 Å². The van der Waals surface area contributed by atoms with Crippen LogP contribution in [0, 0.1) is 0 Å². The summed E-state index contributed by atoms with van der Waals surface area (Å²) in [6, 6.07) is 14.8. The molecule has 3 aromatic rings. The van der Waals surface area contributed by atoms with Crippen LogP contribution < -0.4 is 15.0 Å². The zero-order valence-electron chi connectivity index (χ0n) is 14.6. The molecule has 136 valence electrons. The van der Waals surface area contributed by atoms with Gasteiger partial charge < -0.3 is 15.0 Å². The van der Waals surface area contributed by atoms with Crippen LogP contribution in [0.25, 0.3) is 0 Å². The van der Waals surface area contributed by atoms with Crippen LogP contribution in [0.3, 0.4) is 0 Å². The average molecular weight is 381 g/mol. The number of ether oxygens (including phenoxy) is 1. The quantitative estimate of drug-likeness (QED) is 0.738. The molecule has 1 aromatic heterocycles. The highest BCUT2D eigenvalue weighted by Crippen LogP contribution is 2.32. The van der Waals surface area contributed by atoms with E-state index in [4.69, 9.17) is 16.3 Å². The molecule has 0 atom stereocenters. The first-order valence-electron chi connectivity index (χ1n) is 8.49.